The lowest BCUT2D eigenvalue weighted by Gasteiger charge is -2.07. The molecule has 0 atom stereocenters. The van der Waals surface area contributed by atoms with Crippen LogP contribution in [0.5, 0.6) is 5.75 Å². The minimum Gasteiger partial charge on any atom is -0.511 e. The van der Waals surface area contributed by atoms with E-state index in [2.05, 4.69) is 23.5 Å². The van der Waals surface area contributed by atoms with Gasteiger partial charge in [0.15, 0.2) is 0 Å². The van der Waals surface area contributed by atoms with Crippen molar-refractivity contribution in [3.05, 3.63) is 24.0 Å². The van der Waals surface area contributed by atoms with Gasteiger partial charge in [0.05, 0.1) is 6.20 Å². The van der Waals surface area contributed by atoms with E-state index >= 15 is 0 Å². The highest BCUT2D eigenvalue weighted by Crippen LogP contribution is 2.14. The monoisotopic (exact) mass is 195 g/mol. The average Bonchev–Trinajstić information content (AvgIpc) is 2.01. The van der Waals surface area contributed by atoms with Gasteiger partial charge in [-0.2, -0.15) is 0 Å². The zero-order valence-electron chi connectivity index (χ0n) is 8.34. The molecule has 1 rings (SSSR count). The van der Waals surface area contributed by atoms with Crippen molar-refractivity contribution in [2.45, 2.75) is 20.3 Å². The summed E-state index contributed by atoms with van der Waals surface area (Å²) in [6.07, 6.45) is 4.09. The van der Waals surface area contributed by atoms with E-state index in [1.807, 2.05) is 0 Å². The molecule has 14 heavy (non-hydrogen) atoms. The Morgan fingerprint density at radius 2 is 2.14 bits per heavy atom. The standard InChI is InChI=1S/C9H14BNO3/c1-7(2)3-8-4-9(6-11-5-8)14-10(12)13/h4-7,12-13H,3H2,1-2H3. The van der Waals surface area contributed by atoms with Gasteiger partial charge < -0.3 is 14.7 Å². The fourth-order valence-electron chi connectivity index (χ4n) is 1.23. The van der Waals surface area contributed by atoms with E-state index in [1.54, 1.807) is 12.3 Å². The molecule has 0 aromatic carbocycles. The molecule has 0 aliphatic heterocycles. The zero-order chi connectivity index (χ0) is 10.6. The van der Waals surface area contributed by atoms with Crippen LogP contribution in [0.4, 0.5) is 0 Å². The van der Waals surface area contributed by atoms with E-state index in [4.69, 9.17) is 10.0 Å². The van der Waals surface area contributed by atoms with Gasteiger partial charge in [0, 0.05) is 6.20 Å². The molecule has 1 aromatic heterocycles. The first-order valence-corrected chi connectivity index (χ1v) is 4.54. The summed E-state index contributed by atoms with van der Waals surface area (Å²) < 4.78 is 4.69. The fourth-order valence-corrected chi connectivity index (χ4v) is 1.23. The molecule has 5 heteroatoms. The van der Waals surface area contributed by atoms with Gasteiger partial charge in [-0.05, 0) is 24.0 Å². The number of nitrogens with zero attached hydrogens (tertiary/aromatic N) is 1. The third kappa shape index (κ3) is 3.76. The minimum absolute atomic E-state index is 0.373. The summed E-state index contributed by atoms with van der Waals surface area (Å²) in [5.74, 6) is 0.907. The quantitative estimate of drug-likeness (QED) is 0.691. The highest BCUT2D eigenvalue weighted by Gasteiger charge is 2.11. The van der Waals surface area contributed by atoms with Gasteiger partial charge in [0.2, 0.25) is 0 Å². The fraction of sp³-hybridized carbons (Fsp3) is 0.444. The summed E-state index contributed by atoms with van der Waals surface area (Å²) in [5, 5.41) is 17.2. The summed E-state index contributed by atoms with van der Waals surface area (Å²) in [5.41, 5.74) is 1.03. The van der Waals surface area contributed by atoms with Gasteiger partial charge in [-0.15, -0.1) is 0 Å². The highest BCUT2D eigenvalue weighted by molar-refractivity contribution is 6.33. The SMILES string of the molecule is CC(C)Cc1cncc(OB(O)O)c1. The molecular formula is C9H14BNO3. The Bertz CT molecular complexity index is 266. The molecule has 4 nitrogen and oxygen atoms in total. The summed E-state index contributed by atoms with van der Waals surface area (Å²) in [4.78, 5) is 3.94. The minimum atomic E-state index is -1.79. The van der Waals surface area contributed by atoms with Gasteiger partial charge in [-0.3, -0.25) is 4.98 Å². The number of rotatable bonds is 4. The first-order valence-electron chi connectivity index (χ1n) is 4.54. The molecule has 0 bridgehead atoms. The summed E-state index contributed by atoms with van der Waals surface area (Å²) in [6, 6.07) is 1.76. The van der Waals surface area contributed by atoms with Crippen LogP contribution in [0.2, 0.25) is 0 Å². The first-order chi connectivity index (χ1) is 6.58. The van der Waals surface area contributed by atoms with Crippen LogP contribution < -0.4 is 4.65 Å². The number of hydrogen-bond donors (Lipinski definition) is 2. The van der Waals surface area contributed by atoms with Crippen LogP contribution in [0.1, 0.15) is 19.4 Å². The molecule has 0 saturated carbocycles. The van der Waals surface area contributed by atoms with Crippen molar-refractivity contribution in [3.8, 4) is 5.75 Å². The van der Waals surface area contributed by atoms with Gasteiger partial charge in [0.1, 0.15) is 5.75 Å². The van der Waals surface area contributed by atoms with Crippen molar-refractivity contribution >= 4 is 7.32 Å². The van der Waals surface area contributed by atoms with Gasteiger partial charge in [-0.25, -0.2) is 0 Å². The molecule has 0 aliphatic rings. The number of aromatic nitrogens is 1. The van der Waals surface area contributed by atoms with Crippen LogP contribution in [0.3, 0.4) is 0 Å². The highest BCUT2D eigenvalue weighted by atomic mass is 16.6. The second kappa shape index (κ2) is 4.98. The van der Waals surface area contributed by atoms with Crippen molar-refractivity contribution in [1.29, 1.82) is 0 Å². The molecule has 0 aliphatic carbocycles. The molecular weight excluding hydrogens is 181 g/mol. The average molecular weight is 195 g/mol. The largest absolute Gasteiger partial charge is 0.707 e. The number of hydrogen-bond acceptors (Lipinski definition) is 4. The summed E-state index contributed by atoms with van der Waals surface area (Å²) in [6.45, 7) is 4.21. The van der Waals surface area contributed by atoms with E-state index in [-0.39, 0.29) is 0 Å². The van der Waals surface area contributed by atoms with Crippen molar-refractivity contribution in [1.82, 2.24) is 4.98 Å². The Balaban J connectivity index is 2.68. The Labute approximate surface area is 83.7 Å². The predicted octanol–water partition coefficient (Wildman–Crippen LogP) is 0.628. The maximum atomic E-state index is 8.58. The van der Waals surface area contributed by atoms with Crippen LogP contribution in [-0.4, -0.2) is 22.4 Å². The van der Waals surface area contributed by atoms with E-state index < -0.39 is 7.32 Å². The molecule has 0 saturated heterocycles. The summed E-state index contributed by atoms with van der Waals surface area (Å²) >= 11 is 0. The summed E-state index contributed by atoms with van der Waals surface area (Å²) in [7, 11) is -1.79. The van der Waals surface area contributed by atoms with Gasteiger partial charge >= 0.3 is 7.32 Å². The molecule has 0 fully saturated rings. The predicted molar refractivity (Wildman–Crippen MR) is 53.6 cm³/mol. The topological polar surface area (TPSA) is 62.6 Å². The Morgan fingerprint density at radius 3 is 2.71 bits per heavy atom. The van der Waals surface area contributed by atoms with E-state index in [0.29, 0.717) is 11.7 Å². The number of pyridine rings is 1. The smallest absolute Gasteiger partial charge is 0.511 e. The maximum absolute atomic E-state index is 8.58. The van der Waals surface area contributed by atoms with E-state index in [0.717, 1.165) is 12.0 Å². The second-order valence-corrected chi connectivity index (χ2v) is 3.57. The van der Waals surface area contributed by atoms with Crippen molar-refractivity contribution in [2.24, 2.45) is 5.92 Å². The first kappa shape index (κ1) is 11.0. The Kier molecular flexibility index (Phi) is 3.91. The molecule has 1 heterocycles. The zero-order valence-corrected chi connectivity index (χ0v) is 8.34. The molecule has 0 spiro atoms. The molecule has 0 radical (unpaired) electrons. The lowest BCUT2D eigenvalue weighted by Crippen LogP contribution is -2.20. The van der Waals surface area contributed by atoms with Crippen LogP contribution in [0.25, 0.3) is 0 Å². The van der Waals surface area contributed by atoms with E-state index in [1.165, 1.54) is 6.20 Å². The third-order valence-electron chi connectivity index (χ3n) is 1.66. The third-order valence-corrected chi connectivity index (χ3v) is 1.66. The second-order valence-electron chi connectivity index (χ2n) is 3.57. The molecule has 0 amide bonds. The maximum Gasteiger partial charge on any atom is 0.707 e. The van der Waals surface area contributed by atoms with Crippen LogP contribution in [0.15, 0.2) is 18.5 Å². The van der Waals surface area contributed by atoms with E-state index in [9.17, 15) is 0 Å². The van der Waals surface area contributed by atoms with Gasteiger partial charge in [-0.1, -0.05) is 13.8 Å². The van der Waals surface area contributed by atoms with Crippen molar-refractivity contribution in [3.63, 3.8) is 0 Å². The Morgan fingerprint density at radius 1 is 1.43 bits per heavy atom. The van der Waals surface area contributed by atoms with Crippen molar-refractivity contribution in [2.75, 3.05) is 0 Å². The molecule has 0 unspecified atom stereocenters. The lowest BCUT2D eigenvalue weighted by molar-refractivity contribution is 0.287. The van der Waals surface area contributed by atoms with Gasteiger partial charge in [0.25, 0.3) is 0 Å². The molecule has 2 N–H and O–H groups in total. The molecule has 1 aromatic rings. The van der Waals surface area contributed by atoms with Crippen LogP contribution in [-0.2, 0) is 6.42 Å². The van der Waals surface area contributed by atoms with Crippen molar-refractivity contribution < 1.29 is 14.7 Å². The normalized spacial score (nSPS) is 10.4. The lowest BCUT2D eigenvalue weighted by atomic mass is 10.0. The van der Waals surface area contributed by atoms with Crippen LogP contribution >= 0.6 is 0 Å². The molecule has 76 valence electrons. The Hall–Kier alpha value is -1.07. The van der Waals surface area contributed by atoms with Crippen LogP contribution in [0, 0.1) is 5.92 Å².